The van der Waals surface area contributed by atoms with E-state index in [4.69, 9.17) is 4.98 Å². The van der Waals surface area contributed by atoms with Gasteiger partial charge in [-0.3, -0.25) is 9.78 Å². The topological polar surface area (TPSA) is 76.0 Å². The van der Waals surface area contributed by atoms with Crippen molar-refractivity contribution in [1.29, 1.82) is 0 Å². The smallest absolute Gasteiger partial charge is 0.164 e. The molecule has 3 aromatic heterocycles. The molecule has 1 N–H and O–H groups in total. The van der Waals surface area contributed by atoms with Gasteiger partial charge in [-0.25, -0.2) is 9.97 Å². The van der Waals surface area contributed by atoms with Gasteiger partial charge in [-0.05, 0) is 66.5 Å². The molecule has 51 heavy (non-hydrogen) atoms. The third-order valence-corrected chi connectivity index (χ3v) is 11.5. The molecule has 0 aliphatic carbocycles. The summed E-state index contributed by atoms with van der Waals surface area (Å²) in [6.07, 6.45) is 9.39. The van der Waals surface area contributed by atoms with Crippen LogP contribution >= 0.6 is 11.3 Å². The van der Waals surface area contributed by atoms with Gasteiger partial charge in [0.25, 0.3) is 0 Å². The number of nitrogens with zero attached hydrogens (tertiary/aromatic N) is 3. The molecule has 7 heteroatoms. The Morgan fingerprint density at radius 3 is 2.10 bits per heavy atom. The van der Waals surface area contributed by atoms with Crippen molar-refractivity contribution in [2.45, 2.75) is 114 Å². The van der Waals surface area contributed by atoms with Crippen LogP contribution in [0.5, 0.6) is 0 Å². The third-order valence-electron chi connectivity index (χ3n) is 10.6. The predicted molar refractivity (Wildman–Crippen MR) is 213 cm³/mol. The standard InChI is InChI=1S/C29H28N3S.C15H28O2.Ir/c1-18(2)10-22-16-33-28-24(22)12-21(15-30-28)27-14-26(31-17-32-27)20-11-19-8-6-7-9-23(19)25(13-20)29(3,4)5;1-7-14(5,8-2)12(16)11-13(17)15(6,9-3)10-4;/h6-9,12-18H,10H2,1-5H3;11,16H,7-10H2,1-6H3;/q-1;;/b;12-11-;. The Morgan fingerprint density at radius 1 is 0.863 bits per heavy atom. The molecule has 0 aliphatic heterocycles. The van der Waals surface area contributed by atoms with E-state index in [9.17, 15) is 9.90 Å². The molecule has 0 spiro atoms. The maximum absolute atomic E-state index is 12.2. The normalized spacial score (nSPS) is 12.5. The summed E-state index contributed by atoms with van der Waals surface area (Å²) in [5.41, 5.74) is 5.85. The SMILES string of the molecule is CC(C)Cc1csc2ncc(-c3cc(-c4[c-]c5ccccc5c(C(C)(C)C)c4)ncn3)cc12.CCC(C)(CC)C(=O)/C=C(\O)C(C)(CC)CC.[Ir]. The van der Waals surface area contributed by atoms with Crippen LogP contribution in [0.15, 0.2) is 72.2 Å². The van der Waals surface area contributed by atoms with Gasteiger partial charge < -0.3 is 5.11 Å². The summed E-state index contributed by atoms with van der Waals surface area (Å²) in [5.74, 6) is 0.895. The number of hydrogen-bond acceptors (Lipinski definition) is 6. The van der Waals surface area contributed by atoms with E-state index in [1.165, 1.54) is 28.0 Å². The number of ketones is 1. The predicted octanol–water partition coefficient (Wildman–Crippen LogP) is 12.5. The van der Waals surface area contributed by atoms with Gasteiger partial charge in [-0.1, -0.05) is 105 Å². The number of rotatable bonds is 11. The Labute approximate surface area is 323 Å². The number of hydrogen-bond donors (Lipinski definition) is 1. The summed E-state index contributed by atoms with van der Waals surface area (Å²) in [6, 6.07) is 18.6. The van der Waals surface area contributed by atoms with Gasteiger partial charge in [-0.15, -0.1) is 40.5 Å². The van der Waals surface area contributed by atoms with Crippen LogP contribution in [0.2, 0.25) is 0 Å². The molecule has 0 saturated carbocycles. The largest absolute Gasteiger partial charge is 0.512 e. The molecule has 0 bridgehead atoms. The number of benzene rings is 2. The molecule has 0 atom stereocenters. The Balaban J connectivity index is 0.000000335. The van der Waals surface area contributed by atoms with Crippen LogP contribution in [-0.4, -0.2) is 25.8 Å². The summed E-state index contributed by atoms with van der Waals surface area (Å²) < 4.78 is 0. The van der Waals surface area contributed by atoms with Gasteiger partial charge in [-0.2, -0.15) is 0 Å². The second kappa shape index (κ2) is 17.5. The molecule has 5 nitrogen and oxygen atoms in total. The number of allylic oxidation sites excluding steroid dienone is 2. The Kier molecular flexibility index (Phi) is 14.5. The van der Waals surface area contributed by atoms with Crippen LogP contribution in [0.3, 0.4) is 0 Å². The minimum absolute atomic E-state index is 0. The van der Waals surface area contributed by atoms with Gasteiger partial charge in [0, 0.05) is 59.9 Å². The van der Waals surface area contributed by atoms with Gasteiger partial charge in [0.05, 0.1) is 5.69 Å². The van der Waals surface area contributed by atoms with E-state index in [1.54, 1.807) is 17.7 Å². The van der Waals surface area contributed by atoms with Gasteiger partial charge in [0.2, 0.25) is 0 Å². The van der Waals surface area contributed by atoms with Crippen molar-refractivity contribution >= 4 is 38.1 Å². The number of thiophene rings is 1. The van der Waals surface area contributed by atoms with Crippen molar-refractivity contribution in [3.8, 4) is 22.5 Å². The first-order chi connectivity index (χ1) is 23.6. The molecule has 0 fully saturated rings. The fourth-order valence-corrected chi connectivity index (χ4v) is 6.95. The summed E-state index contributed by atoms with van der Waals surface area (Å²) in [5, 5.41) is 16.0. The van der Waals surface area contributed by atoms with E-state index in [0.717, 1.165) is 64.8 Å². The first kappa shape index (κ1) is 42.2. The average molecular weight is 883 g/mol. The van der Waals surface area contributed by atoms with Crippen LogP contribution in [0, 0.1) is 22.8 Å². The van der Waals surface area contributed by atoms with E-state index in [0.29, 0.717) is 5.92 Å². The van der Waals surface area contributed by atoms with Crippen LogP contribution in [0.1, 0.15) is 113 Å². The van der Waals surface area contributed by atoms with Gasteiger partial charge in [0.15, 0.2) is 5.78 Å². The first-order valence-electron chi connectivity index (χ1n) is 18.2. The zero-order chi connectivity index (χ0) is 36.9. The van der Waals surface area contributed by atoms with Crippen LogP contribution in [0.4, 0.5) is 0 Å². The van der Waals surface area contributed by atoms with Crippen molar-refractivity contribution < 1.29 is 30.0 Å². The molecule has 3 heterocycles. The molecule has 0 aliphatic rings. The summed E-state index contributed by atoms with van der Waals surface area (Å²) in [6.45, 7) is 23.3. The molecule has 0 amide bonds. The van der Waals surface area contributed by atoms with E-state index in [1.807, 2.05) is 47.7 Å². The Morgan fingerprint density at radius 2 is 1.49 bits per heavy atom. The minimum atomic E-state index is -0.337. The van der Waals surface area contributed by atoms with E-state index < -0.39 is 0 Å². The Hall–Kier alpha value is -3.25. The van der Waals surface area contributed by atoms with Crippen LogP contribution in [0.25, 0.3) is 43.5 Å². The molecule has 0 unspecified atom stereocenters. The van der Waals surface area contributed by atoms with Gasteiger partial charge >= 0.3 is 0 Å². The zero-order valence-corrected chi connectivity index (χ0v) is 35.6. The fourth-order valence-electron chi connectivity index (χ4n) is 6.04. The maximum Gasteiger partial charge on any atom is 0.164 e. The van der Waals surface area contributed by atoms with Gasteiger partial charge in [0.1, 0.15) is 16.9 Å². The quantitative estimate of drug-likeness (QED) is 0.0812. The number of aromatic nitrogens is 3. The Bertz CT molecular complexity index is 1960. The van der Waals surface area contributed by atoms with Crippen molar-refractivity contribution in [1.82, 2.24) is 15.0 Å². The monoisotopic (exact) mass is 883 g/mol. The molecule has 5 rings (SSSR count). The maximum atomic E-state index is 12.2. The van der Waals surface area contributed by atoms with Crippen LogP contribution < -0.4 is 0 Å². The first-order valence-corrected chi connectivity index (χ1v) is 19.1. The average Bonchev–Trinajstić information content (AvgIpc) is 3.51. The summed E-state index contributed by atoms with van der Waals surface area (Å²) in [4.78, 5) is 27.2. The number of carbonyl (C=O) groups is 1. The number of aliphatic hydroxyl groups excluding tert-OH is 1. The second-order valence-corrected chi connectivity index (χ2v) is 16.4. The summed E-state index contributed by atoms with van der Waals surface area (Å²) in [7, 11) is 0. The van der Waals surface area contributed by atoms with E-state index >= 15 is 0 Å². The number of aliphatic hydroxyl groups is 1. The molecule has 5 aromatic rings. The molecule has 275 valence electrons. The molecular formula is C44H56IrN3O2S-. The third kappa shape index (κ3) is 9.80. The number of pyridine rings is 1. The molecule has 0 saturated heterocycles. The zero-order valence-electron chi connectivity index (χ0n) is 32.4. The number of fused-ring (bicyclic) bond motifs is 2. The van der Waals surface area contributed by atoms with E-state index in [2.05, 4.69) is 98.5 Å². The van der Waals surface area contributed by atoms with Crippen molar-refractivity contribution in [3.05, 3.63) is 89.4 Å². The van der Waals surface area contributed by atoms with Crippen molar-refractivity contribution in [2.24, 2.45) is 16.7 Å². The minimum Gasteiger partial charge on any atom is -0.512 e. The van der Waals surface area contributed by atoms with Crippen molar-refractivity contribution in [3.63, 3.8) is 0 Å². The second-order valence-electron chi connectivity index (χ2n) is 15.5. The van der Waals surface area contributed by atoms with Crippen LogP contribution in [-0.2, 0) is 36.7 Å². The molecular weight excluding hydrogens is 827 g/mol. The van der Waals surface area contributed by atoms with E-state index in [-0.39, 0.29) is 47.9 Å². The van der Waals surface area contributed by atoms with Crippen molar-refractivity contribution in [2.75, 3.05) is 0 Å². The fraction of sp³-hybridized carbons (Fsp3) is 0.455. The summed E-state index contributed by atoms with van der Waals surface area (Å²) >= 11 is 1.72. The molecule has 1 radical (unpaired) electrons. The number of carbonyl (C=O) groups excluding carboxylic acids is 1. The molecule has 2 aromatic carbocycles.